The van der Waals surface area contributed by atoms with E-state index in [-0.39, 0.29) is 18.0 Å². The van der Waals surface area contributed by atoms with Gasteiger partial charge in [-0.05, 0) is 43.3 Å². The number of nitrogens with one attached hydrogen (secondary N) is 1. The van der Waals surface area contributed by atoms with Gasteiger partial charge in [0.25, 0.3) is 5.69 Å². The van der Waals surface area contributed by atoms with E-state index in [0.717, 1.165) is 0 Å². The summed E-state index contributed by atoms with van der Waals surface area (Å²) in [5.74, 6) is 0.0344. The van der Waals surface area contributed by atoms with E-state index in [1.165, 1.54) is 16.3 Å². The van der Waals surface area contributed by atoms with Crippen molar-refractivity contribution in [1.82, 2.24) is 9.90 Å². The number of carbonyl (C=O) groups excluding carboxylic acids is 2. The molecule has 3 aromatic rings. The third-order valence-electron chi connectivity index (χ3n) is 4.03. The molecule has 0 saturated carbocycles. The van der Waals surface area contributed by atoms with Gasteiger partial charge in [0.1, 0.15) is 5.75 Å². The molecule has 27 heavy (non-hydrogen) atoms. The molecule has 0 unspecified atom stereocenters. The summed E-state index contributed by atoms with van der Waals surface area (Å²) in [6.07, 6.45) is 0. The summed E-state index contributed by atoms with van der Waals surface area (Å²) in [5, 5.41) is 2.83. The van der Waals surface area contributed by atoms with Crippen LogP contribution < -0.4 is 15.0 Å². The maximum Gasteiger partial charge on any atom is 0.409 e. The molecule has 1 aromatic heterocycles. The number of aromatic amines is 1. The Morgan fingerprint density at radius 2 is 1.74 bits per heavy atom. The fourth-order valence-corrected chi connectivity index (χ4v) is 2.78. The van der Waals surface area contributed by atoms with Crippen molar-refractivity contribution in [2.75, 3.05) is 6.61 Å². The summed E-state index contributed by atoms with van der Waals surface area (Å²) < 4.78 is 7.91. The van der Waals surface area contributed by atoms with Crippen LogP contribution >= 0.6 is 0 Å². The van der Waals surface area contributed by atoms with E-state index < -0.39 is 11.3 Å². The predicted molar refractivity (Wildman–Crippen MR) is 98.5 cm³/mol. The number of rotatable bonds is 7. The Morgan fingerprint density at radius 1 is 1.07 bits per heavy atom. The molecule has 0 fully saturated rings. The van der Waals surface area contributed by atoms with E-state index >= 15 is 0 Å². The molecule has 0 aliphatic rings. The molecule has 7 nitrogen and oxygen atoms in total. The zero-order valence-corrected chi connectivity index (χ0v) is 15.1. The molecular formula is C20H20N3O4+. The van der Waals surface area contributed by atoms with Crippen molar-refractivity contribution in [2.45, 2.75) is 20.4 Å². The van der Waals surface area contributed by atoms with Crippen LogP contribution in [0.2, 0.25) is 0 Å². The minimum absolute atomic E-state index is 0.0712. The first kappa shape index (κ1) is 18.3. The molecule has 1 N–H and O–H groups in total. The van der Waals surface area contributed by atoms with Crippen LogP contribution in [-0.2, 0) is 6.54 Å². The van der Waals surface area contributed by atoms with Crippen LogP contribution in [0.15, 0.2) is 59.4 Å². The quantitative estimate of drug-likeness (QED) is 0.511. The molecule has 0 aliphatic carbocycles. The van der Waals surface area contributed by atoms with Gasteiger partial charge in [0.05, 0.1) is 6.61 Å². The van der Waals surface area contributed by atoms with Gasteiger partial charge < -0.3 is 4.74 Å². The zero-order valence-electron chi connectivity index (χ0n) is 15.1. The number of H-pyrrole nitrogens is 1. The maximum atomic E-state index is 12.6. The van der Waals surface area contributed by atoms with Crippen molar-refractivity contribution in [3.05, 3.63) is 76.2 Å². The van der Waals surface area contributed by atoms with Crippen molar-refractivity contribution >= 4 is 11.6 Å². The van der Waals surface area contributed by atoms with Crippen molar-refractivity contribution < 1.29 is 19.0 Å². The van der Waals surface area contributed by atoms with E-state index in [4.69, 9.17) is 4.74 Å². The highest BCUT2D eigenvalue weighted by molar-refractivity contribution is 5.95. The Balaban J connectivity index is 1.93. The van der Waals surface area contributed by atoms with Crippen LogP contribution in [0.5, 0.6) is 5.75 Å². The normalized spacial score (nSPS) is 10.6. The molecule has 0 aliphatic heterocycles. The average molecular weight is 366 g/mol. The van der Waals surface area contributed by atoms with E-state index in [9.17, 15) is 14.4 Å². The molecule has 2 aromatic carbocycles. The number of Topliss-reactive ketones (excluding diaryl/α,β-unsaturated/α-hetero) is 2. The second-order valence-electron chi connectivity index (χ2n) is 5.95. The summed E-state index contributed by atoms with van der Waals surface area (Å²) in [7, 11) is 0. The van der Waals surface area contributed by atoms with Gasteiger partial charge in [-0.25, -0.2) is 4.79 Å². The summed E-state index contributed by atoms with van der Waals surface area (Å²) in [6, 6.07) is 15.6. The van der Waals surface area contributed by atoms with Crippen LogP contribution in [-0.4, -0.2) is 28.1 Å². The highest BCUT2D eigenvalue weighted by atomic mass is 16.5. The van der Waals surface area contributed by atoms with Crippen LogP contribution in [0.25, 0.3) is 5.69 Å². The van der Waals surface area contributed by atoms with Gasteiger partial charge in [-0.15, -0.1) is 4.68 Å². The van der Waals surface area contributed by atoms with Crippen LogP contribution in [0.1, 0.15) is 34.7 Å². The lowest BCUT2D eigenvalue weighted by atomic mass is 10.1. The van der Waals surface area contributed by atoms with Gasteiger partial charge in [-0.2, -0.15) is 0 Å². The van der Waals surface area contributed by atoms with Gasteiger partial charge in [-0.1, -0.05) is 28.1 Å². The minimum atomic E-state index is -0.492. The average Bonchev–Trinajstić information content (AvgIpc) is 2.99. The Labute approximate surface area is 155 Å². The van der Waals surface area contributed by atoms with Gasteiger partial charge in [0.15, 0.2) is 12.2 Å². The van der Waals surface area contributed by atoms with Gasteiger partial charge in [0.2, 0.25) is 11.6 Å². The number of ether oxygens (including phenoxy) is 1. The third kappa shape index (κ3) is 3.87. The molecule has 138 valence electrons. The number of nitrogens with zero attached hydrogens (tertiary/aromatic N) is 2. The lowest BCUT2D eigenvalue weighted by Gasteiger charge is -2.04. The lowest BCUT2D eigenvalue weighted by Crippen LogP contribution is -2.46. The Bertz CT molecular complexity index is 1020. The molecule has 1 heterocycles. The number of hydrogen-bond donors (Lipinski definition) is 1. The molecule has 0 atom stereocenters. The van der Waals surface area contributed by atoms with E-state index in [1.807, 2.05) is 13.0 Å². The van der Waals surface area contributed by atoms with Crippen LogP contribution in [0.3, 0.4) is 0 Å². The Kier molecular flexibility index (Phi) is 5.30. The number of benzene rings is 2. The highest BCUT2D eigenvalue weighted by Crippen LogP contribution is 2.12. The number of ketones is 2. The smallest absolute Gasteiger partial charge is 0.409 e. The largest absolute Gasteiger partial charge is 0.494 e. The molecular weight excluding hydrogens is 346 g/mol. The first-order valence-electron chi connectivity index (χ1n) is 8.58. The summed E-state index contributed by atoms with van der Waals surface area (Å²) in [4.78, 5) is 37.2. The maximum absolute atomic E-state index is 12.6. The first-order chi connectivity index (χ1) is 13.0. The SMILES string of the molecule is CCOc1ccc(C(=O)C[n+]2[nH]n(-c3ccccc3)c(=O)c2C(C)=O)cc1. The fraction of sp³-hybridized carbons (Fsp3) is 0.200. The van der Waals surface area contributed by atoms with Gasteiger partial charge in [0, 0.05) is 12.5 Å². The second kappa shape index (κ2) is 7.82. The third-order valence-corrected chi connectivity index (χ3v) is 4.03. The minimum Gasteiger partial charge on any atom is -0.494 e. The molecule has 3 rings (SSSR count). The van der Waals surface area contributed by atoms with Gasteiger partial charge in [-0.3, -0.25) is 9.59 Å². The molecule has 0 amide bonds. The van der Waals surface area contributed by atoms with E-state index in [1.54, 1.807) is 48.5 Å². The predicted octanol–water partition coefficient (Wildman–Crippen LogP) is 1.94. The van der Waals surface area contributed by atoms with Crippen LogP contribution in [0, 0.1) is 0 Å². The highest BCUT2D eigenvalue weighted by Gasteiger charge is 2.28. The monoisotopic (exact) mass is 366 g/mol. The Morgan fingerprint density at radius 3 is 2.33 bits per heavy atom. The second-order valence-corrected chi connectivity index (χ2v) is 5.95. The number of carbonyl (C=O) groups is 2. The number of para-hydroxylation sites is 1. The first-order valence-corrected chi connectivity index (χ1v) is 8.58. The van der Waals surface area contributed by atoms with Gasteiger partial charge >= 0.3 is 5.56 Å². The standard InChI is InChI=1S/C20H19N3O4/c1-3-27-17-11-9-15(10-12-17)18(25)13-22-19(14(2)24)20(26)23(21-22)16-7-5-4-6-8-16/h4-12H,3,13H2,1-2H3/p+1. The van der Waals surface area contributed by atoms with Crippen molar-refractivity contribution in [3.8, 4) is 11.4 Å². The van der Waals surface area contributed by atoms with Crippen molar-refractivity contribution in [1.29, 1.82) is 0 Å². The molecule has 0 spiro atoms. The summed E-state index contributed by atoms with van der Waals surface area (Å²) >= 11 is 0. The number of aromatic nitrogens is 3. The van der Waals surface area contributed by atoms with Crippen molar-refractivity contribution in [3.63, 3.8) is 0 Å². The molecule has 0 bridgehead atoms. The number of hydrogen-bond acceptors (Lipinski definition) is 4. The van der Waals surface area contributed by atoms with E-state index in [2.05, 4.69) is 5.21 Å². The van der Waals surface area contributed by atoms with E-state index in [0.29, 0.717) is 23.6 Å². The molecule has 7 heteroatoms. The molecule has 0 radical (unpaired) electrons. The topological polar surface area (TPSA) is 85.0 Å². The lowest BCUT2D eigenvalue weighted by molar-refractivity contribution is -0.743. The fourth-order valence-electron chi connectivity index (χ4n) is 2.78. The van der Waals surface area contributed by atoms with Crippen LogP contribution in [0.4, 0.5) is 0 Å². The van der Waals surface area contributed by atoms with Crippen molar-refractivity contribution in [2.24, 2.45) is 0 Å². The zero-order chi connectivity index (χ0) is 19.4. The Hall–Kier alpha value is -3.48. The summed E-state index contributed by atoms with van der Waals surface area (Å²) in [5.41, 5.74) is 0.484. The molecule has 0 saturated heterocycles. The summed E-state index contributed by atoms with van der Waals surface area (Å²) in [6.45, 7) is 3.57.